The number of fused-ring (bicyclic) bond motifs is 1. The summed E-state index contributed by atoms with van der Waals surface area (Å²) >= 11 is 1.37. The maximum absolute atomic E-state index is 13.5. The van der Waals surface area contributed by atoms with Gasteiger partial charge in [-0.2, -0.15) is 20.4 Å². The Hall–Kier alpha value is -2.83. The number of sulfonamides is 1. The third kappa shape index (κ3) is 4.44. The molecule has 0 spiro atoms. The van der Waals surface area contributed by atoms with E-state index in [-0.39, 0.29) is 29.5 Å². The molecule has 0 saturated carbocycles. The highest BCUT2D eigenvalue weighted by atomic mass is 32.2. The molecule has 3 atom stereocenters. The maximum atomic E-state index is 13.5. The van der Waals surface area contributed by atoms with Crippen molar-refractivity contribution in [1.29, 1.82) is 0 Å². The van der Waals surface area contributed by atoms with Gasteiger partial charge in [0.1, 0.15) is 12.1 Å². The van der Waals surface area contributed by atoms with E-state index in [1.54, 1.807) is 16.8 Å². The summed E-state index contributed by atoms with van der Waals surface area (Å²) in [4.78, 5) is 40.4. The maximum Gasteiger partial charge on any atom is 0.323 e. The number of ketones is 1. The molecule has 0 aliphatic carbocycles. The average molecular weight is 507 g/mol. The minimum Gasteiger partial charge on any atom is -0.618 e. The fourth-order valence-electron chi connectivity index (χ4n) is 4.60. The first kappa shape index (κ1) is 24.3. The lowest BCUT2D eigenvalue weighted by Crippen LogP contribution is -2.53. The number of thiophene rings is 1. The van der Waals surface area contributed by atoms with Crippen LogP contribution in [0.15, 0.2) is 46.2 Å². The van der Waals surface area contributed by atoms with Gasteiger partial charge in [0.25, 0.3) is 5.91 Å². The molecule has 2 aromatic rings. The standard InChI is InChI=1S/C22H26N4O6S2/c1-14(2)11-16(23-21(28)15-7-10-33-13-15)22(29)24-9-6-17-20(24)18(27)12-26(17)34(31,32)19-5-3-4-8-25(19)30/h3-5,7-8,10,13-14,16-17,20H,6,9,11-12H2,1-2H3,(H,23,28). The monoisotopic (exact) mass is 506 g/mol. The summed E-state index contributed by atoms with van der Waals surface area (Å²) in [6.45, 7) is 3.63. The summed E-state index contributed by atoms with van der Waals surface area (Å²) in [5, 5.41) is 17.9. The van der Waals surface area contributed by atoms with Crippen LogP contribution >= 0.6 is 11.3 Å². The Balaban J connectivity index is 1.57. The van der Waals surface area contributed by atoms with Crippen LogP contribution in [0.1, 0.15) is 37.0 Å². The van der Waals surface area contributed by atoms with Crippen molar-refractivity contribution in [3.63, 3.8) is 0 Å². The molecule has 2 amide bonds. The predicted molar refractivity (Wildman–Crippen MR) is 123 cm³/mol. The summed E-state index contributed by atoms with van der Waals surface area (Å²) in [6.07, 6.45) is 1.72. The number of pyridine rings is 1. The van der Waals surface area contributed by atoms with E-state index in [1.807, 2.05) is 13.8 Å². The first-order chi connectivity index (χ1) is 16.1. The second-order valence-electron chi connectivity index (χ2n) is 8.88. The van der Waals surface area contributed by atoms with E-state index in [4.69, 9.17) is 0 Å². The second-order valence-corrected chi connectivity index (χ2v) is 11.5. The summed E-state index contributed by atoms with van der Waals surface area (Å²) < 4.78 is 27.6. The van der Waals surface area contributed by atoms with Crippen molar-refractivity contribution in [1.82, 2.24) is 14.5 Å². The molecule has 3 unspecified atom stereocenters. The lowest BCUT2D eigenvalue weighted by atomic mass is 10.0. The number of nitrogens with zero attached hydrogens (tertiary/aromatic N) is 3. The quantitative estimate of drug-likeness (QED) is 0.436. The van der Waals surface area contributed by atoms with Gasteiger partial charge in [0.05, 0.1) is 18.2 Å². The van der Waals surface area contributed by atoms with Crippen molar-refractivity contribution >= 4 is 39.0 Å². The Labute approximate surface area is 201 Å². The van der Waals surface area contributed by atoms with Gasteiger partial charge in [-0.3, -0.25) is 14.4 Å². The molecular weight excluding hydrogens is 480 g/mol. The third-order valence-electron chi connectivity index (χ3n) is 6.12. The average Bonchev–Trinajstić information content (AvgIpc) is 3.51. The molecule has 1 N–H and O–H groups in total. The number of carbonyl (C=O) groups excluding carboxylic acids is 3. The van der Waals surface area contributed by atoms with Crippen LogP contribution in [-0.4, -0.2) is 66.4 Å². The third-order valence-corrected chi connectivity index (χ3v) is 8.66. The summed E-state index contributed by atoms with van der Waals surface area (Å²) in [5.74, 6) is -1.09. The fraction of sp³-hybridized carbons (Fsp3) is 0.455. The topological polar surface area (TPSA) is 131 Å². The number of Topliss-reactive ketones (excluding diaryl/α,β-unsaturated/α-hetero) is 1. The number of rotatable bonds is 7. The molecule has 4 heterocycles. The Morgan fingerprint density at radius 2 is 2.06 bits per heavy atom. The Morgan fingerprint density at radius 1 is 1.29 bits per heavy atom. The van der Waals surface area contributed by atoms with E-state index in [0.29, 0.717) is 12.0 Å². The van der Waals surface area contributed by atoms with Gasteiger partial charge in [-0.25, -0.2) is 8.42 Å². The largest absolute Gasteiger partial charge is 0.618 e. The van der Waals surface area contributed by atoms with Gasteiger partial charge in [0, 0.05) is 24.1 Å². The summed E-state index contributed by atoms with van der Waals surface area (Å²) in [5.41, 5.74) is 0.453. The zero-order valence-electron chi connectivity index (χ0n) is 18.8. The van der Waals surface area contributed by atoms with Gasteiger partial charge in [0.15, 0.2) is 12.0 Å². The normalized spacial score (nSPS) is 21.6. The van der Waals surface area contributed by atoms with Crippen molar-refractivity contribution in [2.75, 3.05) is 13.1 Å². The fourth-order valence-corrected chi connectivity index (χ4v) is 6.89. The first-order valence-electron chi connectivity index (χ1n) is 11.0. The minimum absolute atomic E-state index is 0.0943. The van der Waals surface area contributed by atoms with Crippen LogP contribution in [-0.2, 0) is 19.6 Å². The van der Waals surface area contributed by atoms with E-state index in [2.05, 4.69) is 5.32 Å². The lowest BCUT2D eigenvalue weighted by Gasteiger charge is -2.29. The summed E-state index contributed by atoms with van der Waals surface area (Å²) in [7, 11) is -4.24. The van der Waals surface area contributed by atoms with Crippen LogP contribution in [0.2, 0.25) is 0 Å². The van der Waals surface area contributed by atoms with E-state index in [9.17, 15) is 28.0 Å². The van der Waals surface area contributed by atoms with Gasteiger partial charge in [0.2, 0.25) is 5.91 Å². The lowest BCUT2D eigenvalue weighted by molar-refractivity contribution is -0.646. The second kappa shape index (κ2) is 9.43. The van der Waals surface area contributed by atoms with E-state index in [0.717, 1.165) is 10.5 Å². The van der Waals surface area contributed by atoms with Crippen LogP contribution in [0.4, 0.5) is 0 Å². The van der Waals surface area contributed by atoms with Crippen LogP contribution < -0.4 is 10.0 Å². The van der Waals surface area contributed by atoms with Crippen molar-refractivity contribution in [3.05, 3.63) is 52.0 Å². The number of nitrogens with one attached hydrogen (secondary N) is 1. The minimum atomic E-state index is -4.24. The molecule has 2 aliphatic rings. The Bertz CT molecular complexity index is 1200. The Morgan fingerprint density at radius 3 is 2.71 bits per heavy atom. The van der Waals surface area contributed by atoms with Gasteiger partial charge >= 0.3 is 15.0 Å². The number of aromatic nitrogens is 1. The zero-order valence-corrected chi connectivity index (χ0v) is 20.4. The SMILES string of the molecule is CC(C)CC(NC(=O)c1ccsc1)C(=O)N1CCC2C1C(=O)CN2S(=O)(=O)c1cccc[n+]1[O-]. The van der Waals surface area contributed by atoms with Crippen LogP contribution in [0, 0.1) is 11.1 Å². The van der Waals surface area contributed by atoms with Gasteiger partial charge in [-0.05, 0) is 36.3 Å². The van der Waals surface area contributed by atoms with Crippen molar-refractivity contribution in [2.45, 2.75) is 49.8 Å². The van der Waals surface area contributed by atoms with Crippen molar-refractivity contribution < 1.29 is 27.5 Å². The number of likely N-dealkylation sites (tertiary alicyclic amines) is 1. The molecule has 2 saturated heterocycles. The molecule has 2 aromatic heterocycles. The molecule has 12 heteroatoms. The van der Waals surface area contributed by atoms with E-state index in [1.165, 1.54) is 34.4 Å². The number of carbonyl (C=O) groups is 3. The molecular formula is C22H26N4O6S2. The molecule has 4 rings (SSSR count). The highest BCUT2D eigenvalue weighted by Crippen LogP contribution is 2.34. The predicted octanol–water partition coefficient (Wildman–Crippen LogP) is 0.769. The molecule has 182 valence electrons. The van der Waals surface area contributed by atoms with Crippen LogP contribution in [0.3, 0.4) is 0 Å². The Kier molecular flexibility index (Phi) is 6.74. The van der Waals surface area contributed by atoms with Gasteiger partial charge in [-0.1, -0.05) is 13.8 Å². The highest BCUT2D eigenvalue weighted by Gasteiger charge is 2.55. The molecule has 34 heavy (non-hydrogen) atoms. The van der Waals surface area contributed by atoms with E-state index >= 15 is 0 Å². The number of hydrogen-bond donors (Lipinski definition) is 1. The van der Waals surface area contributed by atoms with Crippen molar-refractivity contribution in [3.8, 4) is 0 Å². The molecule has 2 aliphatic heterocycles. The number of amides is 2. The molecule has 0 radical (unpaired) electrons. The molecule has 2 fully saturated rings. The van der Waals surface area contributed by atoms with Crippen LogP contribution in [0.25, 0.3) is 0 Å². The van der Waals surface area contributed by atoms with Crippen LogP contribution in [0.5, 0.6) is 0 Å². The summed E-state index contributed by atoms with van der Waals surface area (Å²) in [6, 6.07) is 3.16. The zero-order chi connectivity index (χ0) is 24.6. The molecule has 0 aromatic carbocycles. The number of hydrogen-bond acceptors (Lipinski definition) is 7. The highest BCUT2D eigenvalue weighted by molar-refractivity contribution is 7.89. The van der Waals surface area contributed by atoms with E-state index < -0.39 is 51.4 Å². The molecule has 0 bridgehead atoms. The first-order valence-corrected chi connectivity index (χ1v) is 13.4. The molecule has 10 nitrogen and oxygen atoms in total. The van der Waals surface area contributed by atoms with Gasteiger partial charge in [-0.15, -0.1) is 0 Å². The van der Waals surface area contributed by atoms with Crippen molar-refractivity contribution in [2.24, 2.45) is 5.92 Å². The van der Waals surface area contributed by atoms with Gasteiger partial charge < -0.3 is 15.4 Å². The smallest absolute Gasteiger partial charge is 0.323 e.